The predicted octanol–water partition coefficient (Wildman–Crippen LogP) is 5.11. The van der Waals surface area contributed by atoms with Crippen LogP contribution in [0.3, 0.4) is 0 Å². The van der Waals surface area contributed by atoms with Crippen LogP contribution in [-0.4, -0.2) is 24.3 Å². The monoisotopic (exact) mass is 444 g/mol. The highest BCUT2D eigenvalue weighted by Gasteiger charge is 2.41. The van der Waals surface area contributed by atoms with E-state index in [1.807, 2.05) is 0 Å². The van der Waals surface area contributed by atoms with Gasteiger partial charge in [-0.3, -0.25) is 4.90 Å². The molecule has 0 spiro atoms. The van der Waals surface area contributed by atoms with Crippen molar-refractivity contribution in [1.29, 1.82) is 0 Å². The molecule has 166 valence electrons. The maximum Gasteiger partial charge on any atom is 0.322 e. The summed E-state index contributed by atoms with van der Waals surface area (Å²) in [6.07, 6.45) is 0.390. The number of benzene rings is 3. The number of halogens is 4. The van der Waals surface area contributed by atoms with Crippen LogP contribution >= 0.6 is 0 Å². The number of urea groups is 1. The molecule has 0 aromatic heterocycles. The first-order chi connectivity index (χ1) is 15.3. The number of rotatable bonds is 5. The highest BCUT2D eigenvalue weighted by Crippen LogP contribution is 2.36. The van der Waals surface area contributed by atoms with Gasteiger partial charge in [-0.05, 0) is 49.2 Å². The minimum absolute atomic E-state index is 0.114. The predicted molar refractivity (Wildman–Crippen MR) is 112 cm³/mol. The van der Waals surface area contributed by atoms with Crippen LogP contribution in [0, 0.1) is 23.3 Å². The fraction of sp³-hybridized carbons (Fsp3) is 0.208. The fourth-order valence-corrected chi connectivity index (χ4v) is 4.15. The number of hydrogen-bond donors (Lipinski definition) is 2. The van der Waals surface area contributed by atoms with Crippen molar-refractivity contribution in [1.82, 2.24) is 5.32 Å². The summed E-state index contributed by atoms with van der Waals surface area (Å²) >= 11 is 0. The summed E-state index contributed by atoms with van der Waals surface area (Å²) in [5, 5.41) is 12.4. The number of hydrogen-bond acceptors (Lipinski definition) is 2. The van der Waals surface area contributed by atoms with Crippen molar-refractivity contribution in [3.05, 3.63) is 89.5 Å². The summed E-state index contributed by atoms with van der Waals surface area (Å²) in [7, 11) is 0. The van der Waals surface area contributed by atoms with E-state index in [9.17, 15) is 27.5 Å². The molecule has 2 N–H and O–H groups in total. The van der Waals surface area contributed by atoms with Gasteiger partial charge in [0.05, 0.1) is 5.54 Å². The third-order valence-electron chi connectivity index (χ3n) is 5.76. The third-order valence-corrected chi connectivity index (χ3v) is 5.76. The van der Waals surface area contributed by atoms with Crippen LogP contribution in [0.15, 0.2) is 60.7 Å². The second kappa shape index (κ2) is 8.63. The first-order valence-corrected chi connectivity index (χ1v) is 10.1. The number of anilines is 1. The van der Waals surface area contributed by atoms with Crippen LogP contribution in [0.2, 0.25) is 0 Å². The molecule has 4 rings (SSSR count). The van der Waals surface area contributed by atoms with Crippen molar-refractivity contribution in [2.75, 3.05) is 18.1 Å². The smallest absolute Gasteiger partial charge is 0.322 e. The number of carbonyl (C=O) groups is 1. The lowest BCUT2D eigenvalue weighted by molar-refractivity contribution is 0.179. The molecule has 0 saturated carbocycles. The maximum atomic E-state index is 14.5. The van der Waals surface area contributed by atoms with Gasteiger partial charge >= 0.3 is 6.03 Å². The minimum atomic E-state index is -1.10. The summed E-state index contributed by atoms with van der Waals surface area (Å²) in [6.45, 7) is -0.115. The summed E-state index contributed by atoms with van der Waals surface area (Å²) in [5.74, 6) is -2.93. The lowest BCUT2D eigenvalue weighted by atomic mass is 9.82. The van der Waals surface area contributed by atoms with Crippen LogP contribution in [0.1, 0.15) is 18.4 Å². The first kappa shape index (κ1) is 21.8. The summed E-state index contributed by atoms with van der Waals surface area (Å²) < 4.78 is 56.4. The van der Waals surface area contributed by atoms with Gasteiger partial charge in [-0.1, -0.05) is 18.2 Å². The molecule has 1 atom stereocenters. The summed E-state index contributed by atoms with van der Waals surface area (Å²) in [5.41, 5.74) is -0.776. The molecule has 1 aliphatic heterocycles. The number of aliphatic hydroxyl groups excluding tert-OH is 1. The molecule has 1 saturated heterocycles. The van der Waals surface area contributed by atoms with E-state index >= 15 is 0 Å². The fourth-order valence-electron chi connectivity index (χ4n) is 4.15. The Labute approximate surface area is 182 Å². The van der Waals surface area contributed by atoms with Crippen molar-refractivity contribution in [2.24, 2.45) is 0 Å². The zero-order valence-electron chi connectivity index (χ0n) is 16.9. The van der Waals surface area contributed by atoms with Crippen molar-refractivity contribution in [3.63, 3.8) is 0 Å². The van der Waals surface area contributed by atoms with Crippen LogP contribution < -0.4 is 10.2 Å². The van der Waals surface area contributed by atoms with Gasteiger partial charge < -0.3 is 10.4 Å². The molecule has 0 bridgehead atoms. The molecule has 1 unspecified atom stereocenters. The molecule has 1 aliphatic rings. The number of amides is 2. The van der Waals surface area contributed by atoms with E-state index in [1.54, 1.807) is 12.1 Å². The molecular formula is C24H20F4N2O2. The average Bonchev–Trinajstić information content (AvgIpc) is 2.75. The van der Waals surface area contributed by atoms with Crippen molar-refractivity contribution >= 4 is 11.7 Å². The van der Waals surface area contributed by atoms with Crippen molar-refractivity contribution < 1.29 is 27.5 Å². The SMILES string of the molecule is O=C1NC(CCO)(c2ccccc2F)CCN1c1ccc(F)c(-c2ccc(F)cc2F)c1. The second-order valence-corrected chi connectivity index (χ2v) is 7.66. The van der Waals surface area contributed by atoms with Crippen LogP contribution in [0.25, 0.3) is 11.1 Å². The van der Waals surface area contributed by atoms with Gasteiger partial charge in [0.15, 0.2) is 0 Å². The molecule has 3 aromatic rings. The van der Waals surface area contributed by atoms with Gasteiger partial charge in [0.25, 0.3) is 0 Å². The minimum Gasteiger partial charge on any atom is -0.396 e. The van der Waals surface area contributed by atoms with Crippen molar-refractivity contribution in [3.8, 4) is 11.1 Å². The molecule has 2 amide bonds. The molecule has 1 heterocycles. The van der Waals surface area contributed by atoms with Crippen LogP contribution in [0.4, 0.5) is 28.0 Å². The molecule has 3 aromatic carbocycles. The molecule has 0 aliphatic carbocycles. The Bertz CT molecular complexity index is 1170. The van der Waals surface area contributed by atoms with Crippen LogP contribution in [-0.2, 0) is 5.54 Å². The molecule has 0 radical (unpaired) electrons. The Balaban J connectivity index is 1.67. The molecule has 8 heteroatoms. The Morgan fingerprint density at radius 3 is 2.38 bits per heavy atom. The Morgan fingerprint density at radius 2 is 1.69 bits per heavy atom. The van der Waals surface area contributed by atoms with E-state index in [0.717, 1.165) is 18.2 Å². The Hall–Kier alpha value is -3.39. The number of nitrogens with one attached hydrogen (secondary N) is 1. The van der Waals surface area contributed by atoms with Gasteiger partial charge in [-0.2, -0.15) is 0 Å². The number of aliphatic hydroxyl groups is 1. The zero-order chi connectivity index (χ0) is 22.9. The van der Waals surface area contributed by atoms with Crippen LogP contribution in [0.5, 0.6) is 0 Å². The van der Waals surface area contributed by atoms with Gasteiger partial charge in [0.1, 0.15) is 23.3 Å². The molecule has 4 nitrogen and oxygen atoms in total. The number of nitrogens with zero attached hydrogens (tertiary/aromatic N) is 1. The van der Waals surface area contributed by atoms with Gasteiger partial charge in [0, 0.05) is 41.6 Å². The highest BCUT2D eigenvalue weighted by molar-refractivity contribution is 5.94. The molecule has 32 heavy (non-hydrogen) atoms. The quantitative estimate of drug-likeness (QED) is 0.538. The van der Waals surface area contributed by atoms with E-state index in [2.05, 4.69) is 5.32 Å². The lowest BCUT2D eigenvalue weighted by Gasteiger charge is -2.43. The highest BCUT2D eigenvalue weighted by atomic mass is 19.1. The number of carbonyl (C=O) groups excluding carboxylic acids is 1. The second-order valence-electron chi connectivity index (χ2n) is 7.66. The van der Waals surface area contributed by atoms with E-state index in [1.165, 1.54) is 29.2 Å². The van der Waals surface area contributed by atoms with E-state index in [-0.39, 0.29) is 42.7 Å². The van der Waals surface area contributed by atoms with E-state index in [0.29, 0.717) is 11.8 Å². The first-order valence-electron chi connectivity index (χ1n) is 10.1. The lowest BCUT2D eigenvalue weighted by Crippen LogP contribution is -2.58. The van der Waals surface area contributed by atoms with Gasteiger partial charge in [0.2, 0.25) is 0 Å². The van der Waals surface area contributed by atoms with Gasteiger partial charge in [-0.15, -0.1) is 0 Å². The average molecular weight is 444 g/mol. The Kier molecular flexibility index (Phi) is 5.88. The standard InChI is InChI=1S/C24H20F4N2O2/c25-15-5-7-17(22(28)13-15)18-14-16(6-8-20(18)26)30-11-9-24(10-12-31,29-23(30)32)19-3-1-2-4-21(19)27/h1-8,13-14,31H,9-12H2,(H,29,32). The van der Waals surface area contributed by atoms with E-state index in [4.69, 9.17) is 0 Å². The Morgan fingerprint density at radius 1 is 0.906 bits per heavy atom. The van der Waals surface area contributed by atoms with Gasteiger partial charge in [-0.25, -0.2) is 22.4 Å². The van der Waals surface area contributed by atoms with E-state index < -0.39 is 34.8 Å². The molecule has 1 fully saturated rings. The van der Waals surface area contributed by atoms with Crippen molar-refractivity contribution in [2.45, 2.75) is 18.4 Å². The molecular weight excluding hydrogens is 424 g/mol. The third kappa shape index (κ3) is 3.93. The topological polar surface area (TPSA) is 52.6 Å². The normalized spacial score (nSPS) is 18.5. The zero-order valence-corrected chi connectivity index (χ0v) is 16.9. The summed E-state index contributed by atoms with van der Waals surface area (Å²) in [4.78, 5) is 14.3. The largest absolute Gasteiger partial charge is 0.396 e. The maximum absolute atomic E-state index is 14.5. The summed E-state index contributed by atoms with van der Waals surface area (Å²) in [6, 6.07) is 12.1.